The van der Waals surface area contributed by atoms with Gasteiger partial charge in [0.1, 0.15) is 0 Å². The van der Waals surface area contributed by atoms with Crippen LogP contribution >= 0.6 is 0 Å². The largest absolute Gasteiger partial charge is 0.494 e. The van der Waals surface area contributed by atoms with Gasteiger partial charge < -0.3 is 25.4 Å². The van der Waals surface area contributed by atoms with E-state index in [0.717, 1.165) is 11.3 Å². The summed E-state index contributed by atoms with van der Waals surface area (Å²) in [6, 6.07) is 8.33. The molecular weight excluding hydrogens is 482 g/mol. The van der Waals surface area contributed by atoms with Crippen molar-refractivity contribution in [3.8, 4) is 17.0 Å². The number of anilines is 2. The molecule has 0 atom stereocenters. The molecule has 192 valence electrons. The Bertz CT molecular complexity index is 1460. The number of imidazole rings is 1. The Kier molecular flexibility index (Phi) is 6.97. The van der Waals surface area contributed by atoms with E-state index in [0.29, 0.717) is 62.0 Å². The lowest BCUT2D eigenvalue weighted by atomic mass is 9.98. The predicted molar refractivity (Wildman–Crippen MR) is 134 cm³/mol. The molecule has 3 heterocycles. The highest BCUT2D eigenvalue weighted by molar-refractivity contribution is 5.97. The van der Waals surface area contributed by atoms with Crippen LogP contribution in [0.5, 0.6) is 5.75 Å². The average Bonchev–Trinajstić information content (AvgIpc) is 3.34. The van der Waals surface area contributed by atoms with Crippen LogP contribution < -0.4 is 15.8 Å². The third-order valence-corrected chi connectivity index (χ3v) is 6.28. The fraction of sp³-hybridized carbons (Fsp3) is 0.269. The van der Waals surface area contributed by atoms with E-state index < -0.39 is 11.6 Å². The zero-order valence-electron chi connectivity index (χ0n) is 20.2. The van der Waals surface area contributed by atoms with Crippen LogP contribution in [0.25, 0.3) is 16.9 Å². The first-order valence-electron chi connectivity index (χ1n) is 11.8. The number of nitrogens with two attached hydrogens (primary N) is 1. The summed E-state index contributed by atoms with van der Waals surface area (Å²) in [7, 11) is 1.28. The van der Waals surface area contributed by atoms with Crippen LogP contribution in [0.3, 0.4) is 0 Å². The molecule has 0 unspecified atom stereocenters. The van der Waals surface area contributed by atoms with E-state index in [4.69, 9.17) is 15.2 Å². The van der Waals surface area contributed by atoms with Gasteiger partial charge in [-0.3, -0.25) is 9.20 Å². The molecule has 37 heavy (non-hydrogen) atoms. The Morgan fingerprint density at radius 2 is 1.95 bits per heavy atom. The highest BCUT2D eigenvalue weighted by atomic mass is 19.2. The zero-order chi connectivity index (χ0) is 25.9. The molecule has 11 heteroatoms. The number of carbonyl (C=O) groups is 1. The Balaban J connectivity index is 1.38. The van der Waals surface area contributed by atoms with Crippen molar-refractivity contribution >= 4 is 23.1 Å². The molecule has 0 saturated carbocycles. The molecule has 0 fully saturated rings. The Labute approximate surface area is 211 Å². The maximum Gasteiger partial charge on any atom is 0.254 e. The van der Waals surface area contributed by atoms with Crippen molar-refractivity contribution in [3.05, 3.63) is 71.7 Å². The molecule has 1 aliphatic heterocycles. The summed E-state index contributed by atoms with van der Waals surface area (Å²) >= 11 is 0. The summed E-state index contributed by atoms with van der Waals surface area (Å²) in [6.07, 6.45) is 5.34. The summed E-state index contributed by atoms with van der Waals surface area (Å²) < 4.78 is 40.9. The van der Waals surface area contributed by atoms with E-state index in [-0.39, 0.29) is 17.2 Å². The van der Waals surface area contributed by atoms with Crippen LogP contribution in [0.15, 0.2) is 48.9 Å². The predicted octanol–water partition coefficient (Wildman–Crippen LogP) is 3.40. The maximum atomic E-state index is 14.7. The van der Waals surface area contributed by atoms with Gasteiger partial charge in [-0.15, -0.1) is 0 Å². The number of amides is 1. The van der Waals surface area contributed by atoms with Crippen molar-refractivity contribution in [1.82, 2.24) is 19.3 Å². The summed E-state index contributed by atoms with van der Waals surface area (Å²) in [6.45, 7) is 2.49. The van der Waals surface area contributed by atoms with Crippen LogP contribution in [-0.2, 0) is 11.2 Å². The zero-order valence-corrected chi connectivity index (χ0v) is 20.2. The van der Waals surface area contributed by atoms with Gasteiger partial charge in [0, 0.05) is 48.8 Å². The van der Waals surface area contributed by atoms with Gasteiger partial charge in [-0.25, -0.2) is 14.4 Å². The minimum atomic E-state index is -1.06. The first-order chi connectivity index (χ1) is 18.0. The summed E-state index contributed by atoms with van der Waals surface area (Å²) in [5, 5.41) is 3.24. The van der Waals surface area contributed by atoms with E-state index in [1.54, 1.807) is 33.8 Å². The number of aromatic nitrogens is 3. The van der Waals surface area contributed by atoms with Crippen molar-refractivity contribution in [2.24, 2.45) is 5.73 Å². The Morgan fingerprint density at radius 3 is 2.76 bits per heavy atom. The van der Waals surface area contributed by atoms with Gasteiger partial charge in [-0.1, -0.05) is 0 Å². The minimum absolute atomic E-state index is 0.0315. The second-order valence-electron chi connectivity index (χ2n) is 8.50. The summed E-state index contributed by atoms with van der Waals surface area (Å²) in [5.74, 6) is -1.85. The lowest BCUT2D eigenvalue weighted by Crippen LogP contribution is -2.39. The molecule has 0 radical (unpaired) electrons. The second-order valence-corrected chi connectivity index (χ2v) is 8.50. The third kappa shape index (κ3) is 4.70. The van der Waals surface area contributed by atoms with E-state index >= 15 is 0 Å². The number of nitrogens with zero attached hydrogens (tertiary/aromatic N) is 4. The molecule has 2 aromatic carbocycles. The van der Waals surface area contributed by atoms with E-state index in [1.807, 2.05) is 6.07 Å². The normalized spacial score (nSPS) is 13.2. The van der Waals surface area contributed by atoms with Crippen LogP contribution in [0, 0.1) is 11.6 Å². The quantitative estimate of drug-likeness (QED) is 0.334. The number of fused-ring (bicyclic) bond motifs is 2. The fourth-order valence-electron chi connectivity index (χ4n) is 4.42. The summed E-state index contributed by atoms with van der Waals surface area (Å²) in [4.78, 5) is 23.4. The average molecular weight is 509 g/mol. The second kappa shape index (κ2) is 10.5. The number of carbonyl (C=O) groups excluding carboxylic acids is 1. The minimum Gasteiger partial charge on any atom is -0.494 e. The number of rotatable bonds is 9. The van der Waals surface area contributed by atoms with Crippen LogP contribution in [0.1, 0.15) is 15.9 Å². The highest BCUT2D eigenvalue weighted by Crippen LogP contribution is 2.32. The maximum absolute atomic E-state index is 14.7. The molecule has 5 rings (SSSR count). The van der Waals surface area contributed by atoms with Crippen molar-refractivity contribution in [2.45, 2.75) is 6.42 Å². The number of hydrogen-bond acceptors (Lipinski definition) is 7. The third-order valence-electron chi connectivity index (χ3n) is 6.28. The SMILES string of the molecule is COc1ccc(-c2cnc3c(Nc4ccc5c(c4)CCN(CCOCCN)C5=O)nccn23)c(F)c1F. The molecular formula is C26H26F2N6O3. The number of hydrogen-bond donors (Lipinski definition) is 2. The number of nitrogens with one attached hydrogen (secondary N) is 1. The van der Waals surface area contributed by atoms with E-state index in [9.17, 15) is 13.6 Å². The summed E-state index contributed by atoms with van der Waals surface area (Å²) in [5.41, 5.74) is 8.61. The van der Waals surface area contributed by atoms with Crippen LogP contribution in [0.2, 0.25) is 0 Å². The molecule has 4 aromatic rings. The standard InChI is InChI=1S/C26H26F2N6O3/c1-36-21-5-4-19(22(27)23(21)28)20-15-31-25-24(30-8-10-34(20)25)32-17-2-3-18-16(14-17)6-9-33(26(18)35)11-13-37-12-7-29/h2-5,8,10,14-15H,6-7,9,11-13,29H2,1H3,(H,30,32). The molecule has 0 bridgehead atoms. The molecule has 0 spiro atoms. The lowest BCUT2D eigenvalue weighted by Gasteiger charge is -2.28. The van der Waals surface area contributed by atoms with Gasteiger partial charge in [-0.05, 0) is 42.3 Å². The Hall–Kier alpha value is -4.09. The molecule has 0 saturated heterocycles. The number of ether oxygens (including phenoxy) is 2. The fourth-order valence-corrected chi connectivity index (χ4v) is 4.42. The smallest absolute Gasteiger partial charge is 0.254 e. The van der Waals surface area contributed by atoms with Gasteiger partial charge in [0.2, 0.25) is 5.82 Å². The van der Waals surface area contributed by atoms with Crippen LogP contribution in [-0.4, -0.2) is 65.1 Å². The Morgan fingerprint density at radius 1 is 1.11 bits per heavy atom. The van der Waals surface area contributed by atoms with E-state index in [1.165, 1.54) is 25.4 Å². The first-order valence-corrected chi connectivity index (χ1v) is 11.8. The number of methoxy groups -OCH3 is 1. The van der Waals surface area contributed by atoms with Gasteiger partial charge in [0.25, 0.3) is 5.91 Å². The van der Waals surface area contributed by atoms with E-state index in [2.05, 4.69) is 15.3 Å². The number of halogens is 2. The van der Waals surface area contributed by atoms with Gasteiger partial charge in [0.05, 0.1) is 32.2 Å². The molecule has 2 aromatic heterocycles. The first kappa shape index (κ1) is 24.6. The molecule has 1 amide bonds. The van der Waals surface area contributed by atoms with Gasteiger partial charge >= 0.3 is 0 Å². The number of benzene rings is 2. The van der Waals surface area contributed by atoms with Crippen LogP contribution in [0.4, 0.5) is 20.3 Å². The van der Waals surface area contributed by atoms with Crippen molar-refractivity contribution < 1.29 is 23.0 Å². The highest BCUT2D eigenvalue weighted by Gasteiger charge is 2.24. The topological polar surface area (TPSA) is 107 Å². The molecule has 0 aliphatic carbocycles. The van der Waals surface area contributed by atoms with Crippen molar-refractivity contribution in [3.63, 3.8) is 0 Å². The van der Waals surface area contributed by atoms with Crippen molar-refractivity contribution in [2.75, 3.05) is 45.3 Å². The lowest BCUT2D eigenvalue weighted by molar-refractivity contribution is 0.0635. The van der Waals surface area contributed by atoms with Crippen molar-refractivity contribution in [1.29, 1.82) is 0 Å². The monoisotopic (exact) mass is 508 g/mol. The molecule has 1 aliphatic rings. The van der Waals surface area contributed by atoms with Gasteiger partial charge in [0.15, 0.2) is 23.0 Å². The molecule has 3 N–H and O–H groups in total. The molecule has 9 nitrogen and oxygen atoms in total. The van der Waals surface area contributed by atoms with Gasteiger partial charge in [-0.2, -0.15) is 4.39 Å².